The van der Waals surface area contributed by atoms with Crippen molar-refractivity contribution in [3.8, 4) is 11.3 Å². The molecule has 2 aromatic rings. The standard InChI is InChI=1S/C18H22FN3S/c1-12-10-13(19)8-9-15(12)16-11-17(22-18(21-16)23-2)20-14-6-4-3-5-7-14/h8-11,14H,3-7H2,1-2H3,(H,20,21,22). The Morgan fingerprint density at radius 2 is 1.91 bits per heavy atom. The maximum absolute atomic E-state index is 13.3. The van der Waals surface area contributed by atoms with E-state index < -0.39 is 0 Å². The summed E-state index contributed by atoms with van der Waals surface area (Å²) >= 11 is 1.53. The van der Waals surface area contributed by atoms with Gasteiger partial charge in [-0.3, -0.25) is 0 Å². The highest BCUT2D eigenvalue weighted by Gasteiger charge is 2.15. The van der Waals surface area contributed by atoms with Crippen LogP contribution in [-0.4, -0.2) is 22.3 Å². The molecule has 0 bridgehead atoms. The van der Waals surface area contributed by atoms with E-state index in [2.05, 4.69) is 15.3 Å². The van der Waals surface area contributed by atoms with Crippen molar-refractivity contribution in [1.29, 1.82) is 0 Å². The number of halogens is 1. The molecule has 1 aliphatic carbocycles. The molecule has 5 heteroatoms. The number of aryl methyl sites for hydroxylation is 1. The summed E-state index contributed by atoms with van der Waals surface area (Å²) in [6.07, 6.45) is 8.26. The van der Waals surface area contributed by atoms with E-state index in [0.29, 0.717) is 6.04 Å². The van der Waals surface area contributed by atoms with Crippen LogP contribution in [-0.2, 0) is 0 Å². The number of hydrogen-bond donors (Lipinski definition) is 1. The maximum atomic E-state index is 13.3. The summed E-state index contributed by atoms with van der Waals surface area (Å²) in [5, 5.41) is 4.30. The molecule has 1 aliphatic rings. The zero-order chi connectivity index (χ0) is 16.2. The van der Waals surface area contributed by atoms with E-state index in [1.807, 2.05) is 19.2 Å². The van der Waals surface area contributed by atoms with Crippen molar-refractivity contribution in [1.82, 2.24) is 9.97 Å². The molecule has 1 heterocycles. The molecule has 0 radical (unpaired) electrons. The molecule has 1 aromatic heterocycles. The summed E-state index contributed by atoms with van der Waals surface area (Å²) in [6.45, 7) is 1.91. The monoisotopic (exact) mass is 331 g/mol. The number of thioether (sulfide) groups is 1. The summed E-state index contributed by atoms with van der Waals surface area (Å²) in [7, 11) is 0. The van der Waals surface area contributed by atoms with Crippen molar-refractivity contribution < 1.29 is 4.39 Å². The van der Waals surface area contributed by atoms with Gasteiger partial charge in [-0.2, -0.15) is 0 Å². The minimum atomic E-state index is -0.217. The average Bonchev–Trinajstić information content (AvgIpc) is 2.55. The molecule has 3 rings (SSSR count). The molecule has 0 spiro atoms. The molecule has 122 valence electrons. The Kier molecular flexibility index (Phi) is 5.16. The fraction of sp³-hybridized carbons (Fsp3) is 0.444. The number of nitrogens with zero attached hydrogens (tertiary/aromatic N) is 2. The summed E-state index contributed by atoms with van der Waals surface area (Å²) in [5.41, 5.74) is 2.69. The Bertz CT molecular complexity index is 684. The van der Waals surface area contributed by atoms with Crippen LogP contribution in [0.2, 0.25) is 0 Å². The van der Waals surface area contributed by atoms with Gasteiger partial charge in [0.15, 0.2) is 5.16 Å². The van der Waals surface area contributed by atoms with Crippen LogP contribution < -0.4 is 5.32 Å². The van der Waals surface area contributed by atoms with E-state index in [-0.39, 0.29) is 5.82 Å². The van der Waals surface area contributed by atoms with Gasteiger partial charge in [0.25, 0.3) is 0 Å². The van der Waals surface area contributed by atoms with Crippen molar-refractivity contribution in [2.24, 2.45) is 0 Å². The fourth-order valence-electron chi connectivity index (χ4n) is 3.10. The molecule has 0 amide bonds. The van der Waals surface area contributed by atoms with Gasteiger partial charge in [0.1, 0.15) is 11.6 Å². The van der Waals surface area contributed by atoms with Crippen molar-refractivity contribution in [3.05, 3.63) is 35.6 Å². The van der Waals surface area contributed by atoms with E-state index in [1.165, 1.54) is 49.9 Å². The van der Waals surface area contributed by atoms with Crippen LogP contribution in [0, 0.1) is 12.7 Å². The summed E-state index contributed by atoms with van der Waals surface area (Å²) in [6, 6.07) is 7.30. The quantitative estimate of drug-likeness (QED) is 0.628. The molecule has 0 unspecified atom stereocenters. The molecule has 1 aromatic carbocycles. The average molecular weight is 331 g/mol. The first-order valence-electron chi connectivity index (χ1n) is 8.12. The lowest BCUT2D eigenvalue weighted by Gasteiger charge is -2.23. The molecule has 1 fully saturated rings. The third kappa shape index (κ3) is 4.02. The van der Waals surface area contributed by atoms with E-state index in [0.717, 1.165) is 27.8 Å². The Morgan fingerprint density at radius 3 is 2.61 bits per heavy atom. The SMILES string of the molecule is CSc1nc(NC2CCCCC2)cc(-c2ccc(F)cc2C)n1. The highest BCUT2D eigenvalue weighted by Crippen LogP contribution is 2.28. The predicted octanol–water partition coefficient (Wildman–Crippen LogP) is 5.06. The van der Waals surface area contributed by atoms with Crippen LogP contribution >= 0.6 is 11.8 Å². The molecule has 0 saturated heterocycles. The largest absolute Gasteiger partial charge is 0.367 e. The van der Waals surface area contributed by atoms with Crippen molar-refractivity contribution >= 4 is 17.6 Å². The van der Waals surface area contributed by atoms with Crippen LogP contribution in [0.15, 0.2) is 29.4 Å². The molecule has 23 heavy (non-hydrogen) atoms. The van der Waals surface area contributed by atoms with E-state index in [4.69, 9.17) is 0 Å². The molecule has 1 N–H and O–H groups in total. The van der Waals surface area contributed by atoms with Gasteiger partial charge in [-0.25, -0.2) is 14.4 Å². The van der Waals surface area contributed by atoms with Crippen LogP contribution in [0.5, 0.6) is 0 Å². The van der Waals surface area contributed by atoms with Gasteiger partial charge in [0.05, 0.1) is 5.69 Å². The molecule has 0 atom stereocenters. The lowest BCUT2D eigenvalue weighted by Crippen LogP contribution is -2.23. The van der Waals surface area contributed by atoms with Gasteiger partial charge in [0, 0.05) is 17.7 Å². The minimum Gasteiger partial charge on any atom is -0.367 e. The number of nitrogens with one attached hydrogen (secondary N) is 1. The van der Waals surface area contributed by atoms with E-state index in [9.17, 15) is 4.39 Å². The van der Waals surface area contributed by atoms with Gasteiger partial charge in [-0.15, -0.1) is 0 Å². The van der Waals surface area contributed by atoms with Gasteiger partial charge in [-0.05, 0) is 49.8 Å². The molecule has 3 nitrogen and oxygen atoms in total. The highest BCUT2D eigenvalue weighted by atomic mass is 32.2. The normalized spacial score (nSPS) is 15.6. The van der Waals surface area contributed by atoms with Gasteiger partial charge >= 0.3 is 0 Å². The van der Waals surface area contributed by atoms with E-state index >= 15 is 0 Å². The Labute approximate surface area is 141 Å². The second-order valence-corrected chi connectivity index (χ2v) is 6.84. The zero-order valence-corrected chi connectivity index (χ0v) is 14.4. The third-order valence-corrected chi connectivity index (χ3v) is 4.86. The molecule has 0 aliphatic heterocycles. The smallest absolute Gasteiger partial charge is 0.189 e. The van der Waals surface area contributed by atoms with Crippen LogP contribution in [0.4, 0.5) is 10.2 Å². The first-order chi connectivity index (χ1) is 11.2. The molecular formula is C18H22FN3S. The van der Waals surface area contributed by atoms with Gasteiger partial charge in [-0.1, -0.05) is 31.0 Å². The lowest BCUT2D eigenvalue weighted by atomic mass is 9.95. The van der Waals surface area contributed by atoms with Crippen molar-refractivity contribution in [2.45, 2.75) is 50.2 Å². The Morgan fingerprint density at radius 1 is 1.13 bits per heavy atom. The highest BCUT2D eigenvalue weighted by molar-refractivity contribution is 7.98. The first kappa shape index (κ1) is 16.2. The number of benzene rings is 1. The van der Waals surface area contributed by atoms with Crippen LogP contribution in [0.25, 0.3) is 11.3 Å². The maximum Gasteiger partial charge on any atom is 0.189 e. The molecular weight excluding hydrogens is 309 g/mol. The summed E-state index contributed by atoms with van der Waals surface area (Å²) in [5.74, 6) is 0.654. The molecule has 1 saturated carbocycles. The summed E-state index contributed by atoms with van der Waals surface area (Å²) in [4.78, 5) is 9.18. The van der Waals surface area contributed by atoms with Crippen LogP contribution in [0.1, 0.15) is 37.7 Å². The summed E-state index contributed by atoms with van der Waals surface area (Å²) < 4.78 is 13.3. The number of rotatable bonds is 4. The minimum absolute atomic E-state index is 0.217. The zero-order valence-electron chi connectivity index (χ0n) is 13.6. The lowest BCUT2D eigenvalue weighted by molar-refractivity contribution is 0.461. The van der Waals surface area contributed by atoms with Gasteiger partial charge < -0.3 is 5.32 Å². The van der Waals surface area contributed by atoms with E-state index in [1.54, 1.807) is 12.1 Å². The topological polar surface area (TPSA) is 37.8 Å². The Hall–Kier alpha value is -1.62. The first-order valence-corrected chi connectivity index (χ1v) is 9.34. The Balaban J connectivity index is 1.92. The number of anilines is 1. The fourth-order valence-corrected chi connectivity index (χ4v) is 3.48. The second-order valence-electron chi connectivity index (χ2n) is 6.06. The van der Waals surface area contributed by atoms with Crippen molar-refractivity contribution in [3.63, 3.8) is 0 Å². The third-order valence-electron chi connectivity index (χ3n) is 4.31. The van der Waals surface area contributed by atoms with Crippen molar-refractivity contribution in [2.75, 3.05) is 11.6 Å². The predicted molar refractivity (Wildman–Crippen MR) is 94.4 cm³/mol. The second kappa shape index (κ2) is 7.30. The van der Waals surface area contributed by atoms with Crippen LogP contribution in [0.3, 0.4) is 0 Å². The van der Waals surface area contributed by atoms with Gasteiger partial charge in [0.2, 0.25) is 0 Å². The number of hydrogen-bond acceptors (Lipinski definition) is 4. The number of aromatic nitrogens is 2.